The Morgan fingerprint density at radius 3 is 3.00 bits per heavy atom. The lowest BCUT2D eigenvalue weighted by molar-refractivity contribution is -0.136. The maximum atomic E-state index is 11.0. The van der Waals surface area contributed by atoms with E-state index in [-0.39, 0.29) is 18.6 Å². The molecule has 0 saturated heterocycles. The van der Waals surface area contributed by atoms with Gasteiger partial charge in [-0.15, -0.1) is 0 Å². The molecule has 2 amide bonds. The van der Waals surface area contributed by atoms with Crippen LogP contribution in [-0.2, 0) is 4.79 Å². The second-order valence-corrected chi connectivity index (χ2v) is 3.02. The highest BCUT2D eigenvalue weighted by molar-refractivity contribution is 5.77. The van der Waals surface area contributed by atoms with E-state index in [1.807, 2.05) is 0 Å². The lowest BCUT2D eigenvalue weighted by atomic mass is 10.3. The Morgan fingerprint density at radius 1 is 1.71 bits per heavy atom. The van der Waals surface area contributed by atoms with Gasteiger partial charge in [0.15, 0.2) is 0 Å². The molecule has 0 aromatic heterocycles. The number of carboxylic acid groups (broad SMARTS) is 1. The van der Waals surface area contributed by atoms with Crippen molar-refractivity contribution < 1.29 is 14.7 Å². The summed E-state index contributed by atoms with van der Waals surface area (Å²) in [4.78, 5) is 21.2. The number of carbonyl (C=O) groups excluding carboxylic acids is 1. The fourth-order valence-electron chi connectivity index (χ4n) is 1.13. The fraction of sp³-hybridized carbons (Fsp3) is 0.500. The Bertz CT molecular complexity index is 275. The normalized spacial score (nSPS) is 20.8. The number of aliphatic carboxylic acids is 1. The van der Waals surface area contributed by atoms with Crippen molar-refractivity contribution in [3.8, 4) is 0 Å². The highest BCUT2D eigenvalue weighted by atomic mass is 16.4. The predicted octanol–water partition coefficient (Wildman–Crippen LogP) is -0.407. The summed E-state index contributed by atoms with van der Waals surface area (Å²) >= 11 is 0. The second kappa shape index (κ2) is 4.61. The van der Waals surface area contributed by atoms with E-state index in [1.54, 1.807) is 13.0 Å². The predicted molar refractivity (Wildman–Crippen MR) is 49.5 cm³/mol. The third-order valence-electron chi connectivity index (χ3n) is 1.72. The van der Waals surface area contributed by atoms with Crippen molar-refractivity contribution >= 4 is 12.0 Å². The van der Waals surface area contributed by atoms with Gasteiger partial charge in [-0.25, -0.2) is 4.79 Å². The average Bonchev–Trinajstić information content (AvgIpc) is 2.01. The van der Waals surface area contributed by atoms with Gasteiger partial charge in [-0.05, 0) is 13.0 Å². The van der Waals surface area contributed by atoms with Crippen molar-refractivity contribution in [3.05, 3.63) is 11.8 Å². The molecule has 0 radical (unpaired) electrons. The van der Waals surface area contributed by atoms with Crippen LogP contribution < -0.4 is 16.0 Å². The minimum Gasteiger partial charge on any atom is -0.481 e. The first-order chi connectivity index (χ1) is 6.58. The molecule has 0 unspecified atom stereocenters. The maximum Gasteiger partial charge on any atom is 0.320 e. The lowest BCUT2D eigenvalue weighted by Crippen LogP contribution is -2.52. The van der Waals surface area contributed by atoms with Crippen LogP contribution in [0.15, 0.2) is 11.8 Å². The van der Waals surface area contributed by atoms with Crippen molar-refractivity contribution in [1.82, 2.24) is 16.0 Å². The Morgan fingerprint density at radius 2 is 2.43 bits per heavy atom. The molecule has 0 saturated carbocycles. The standard InChI is InChI=1S/C8H13N3O3/c1-5-4-6(11-8(14)10-5)9-3-2-7(12)13/h4,6,9H,2-3H2,1H3,(H,12,13)(H2,10,11,14)/t6-/m1/s1. The van der Waals surface area contributed by atoms with Crippen molar-refractivity contribution in [2.45, 2.75) is 19.5 Å². The zero-order valence-corrected chi connectivity index (χ0v) is 7.83. The summed E-state index contributed by atoms with van der Waals surface area (Å²) in [5.74, 6) is -0.863. The van der Waals surface area contributed by atoms with Gasteiger partial charge in [-0.3, -0.25) is 10.1 Å². The van der Waals surface area contributed by atoms with Crippen LogP contribution in [0.3, 0.4) is 0 Å². The summed E-state index contributed by atoms with van der Waals surface area (Å²) in [5.41, 5.74) is 0.751. The third kappa shape index (κ3) is 3.44. The molecule has 0 aromatic rings. The first-order valence-corrected chi connectivity index (χ1v) is 4.29. The van der Waals surface area contributed by atoms with Crippen LogP contribution in [-0.4, -0.2) is 29.8 Å². The Kier molecular flexibility index (Phi) is 3.47. The number of nitrogens with one attached hydrogen (secondary N) is 3. The van der Waals surface area contributed by atoms with Gasteiger partial charge < -0.3 is 15.7 Å². The van der Waals surface area contributed by atoms with Crippen LogP contribution in [0.4, 0.5) is 4.79 Å². The molecule has 0 fully saturated rings. The van der Waals surface area contributed by atoms with Gasteiger partial charge >= 0.3 is 12.0 Å². The molecule has 0 spiro atoms. The zero-order chi connectivity index (χ0) is 10.6. The van der Waals surface area contributed by atoms with E-state index in [0.717, 1.165) is 5.70 Å². The number of amides is 2. The smallest absolute Gasteiger partial charge is 0.320 e. The van der Waals surface area contributed by atoms with Crippen molar-refractivity contribution in [1.29, 1.82) is 0 Å². The summed E-state index contributed by atoms with van der Waals surface area (Å²) < 4.78 is 0. The highest BCUT2D eigenvalue weighted by Crippen LogP contribution is 1.96. The number of hydrogen-bond acceptors (Lipinski definition) is 3. The van der Waals surface area contributed by atoms with Gasteiger partial charge in [0, 0.05) is 12.2 Å². The molecule has 14 heavy (non-hydrogen) atoms. The van der Waals surface area contributed by atoms with Gasteiger partial charge in [0.25, 0.3) is 0 Å². The third-order valence-corrected chi connectivity index (χ3v) is 1.72. The van der Waals surface area contributed by atoms with E-state index < -0.39 is 5.97 Å². The molecule has 1 atom stereocenters. The van der Waals surface area contributed by atoms with Crippen LogP contribution >= 0.6 is 0 Å². The van der Waals surface area contributed by atoms with E-state index in [2.05, 4.69) is 16.0 Å². The van der Waals surface area contributed by atoms with Crippen LogP contribution in [0, 0.1) is 0 Å². The molecular formula is C8H13N3O3. The maximum absolute atomic E-state index is 11.0. The Hall–Kier alpha value is -1.56. The minimum absolute atomic E-state index is 0.0344. The number of carboxylic acids is 1. The molecule has 6 nitrogen and oxygen atoms in total. The van der Waals surface area contributed by atoms with Gasteiger partial charge in [0.05, 0.1) is 6.42 Å². The Labute approximate surface area is 81.4 Å². The monoisotopic (exact) mass is 199 g/mol. The molecular weight excluding hydrogens is 186 g/mol. The molecule has 1 heterocycles. The first kappa shape index (κ1) is 10.5. The zero-order valence-electron chi connectivity index (χ0n) is 7.83. The Balaban J connectivity index is 2.34. The summed E-state index contributed by atoms with van der Waals surface area (Å²) in [6, 6.07) is -0.280. The van der Waals surface area contributed by atoms with Crippen molar-refractivity contribution in [3.63, 3.8) is 0 Å². The first-order valence-electron chi connectivity index (χ1n) is 4.29. The molecule has 6 heteroatoms. The molecule has 1 rings (SSSR count). The van der Waals surface area contributed by atoms with Crippen LogP contribution in [0.25, 0.3) is 0 Å². The number of allylic oxidation sites excluding steroid dienone is 1. The summed E-state index contributed by atoms with van der Waals surface area (Å²) in [6.07, 6.45) is 1.53. The SMILES string of the molecule is CC1=C[C@H](NCCC(=O)O)NC(=O)N1. The van der Waals surface area contributed by atoms with Crippen molar-refractivity contribution in [2.24, 2.45) is 0 Å². The fourth-order valence-corrected chi connectivity index (χ4v) is 1.13. The number of carbonyl (C=O) groups is 2. The van der Waals surface area contributed by atoms with E-state index in [4.69, 9.17) is 5.11 Å². The molecule has 1 aliphatic rings. The molecule has 0 aliphatic carbocycles. The molecule has 4 N–H and O–H groups in total. The van der Waals surface area contributed by atoms with E-state index in [1.165, 1.54) is 0 Å². The van der Waals surface area contributed by atoms with E-state index in [0.29, 0.717) is 6.54 Å². The summed E-state index contributed by atoms with van der Waals surface area (Å²) in [6.45, 7) is 2.09. The molecule has 0 bridgehead atoms. The molecule has 0 aromatic carbocycles. The van der Waals surface area contributed by atoms with Crippen molar-refractivity contribution in [2.75, 3.05) is 6.54 Å². The topological polar surface area (TPSA) is 90.5 Å². The molecule has 1 aliphatic heterocycles. The van der Waals surface area contributed by atoms with Crippen LogP contribution in [0.5, 0.6) is 0 Å². The van der Waals surface area contributed by atoms with Crippen LogP contribution in [0.1, 0.15) is 13.3 Å². The second-order valence-electron chi connectivity index (χ2n) is 3.02. The van der Waals surface area contributed by atoms with E-state index in [9.17, 15) is 9.59 Å². The highest BCUT2D eigenvalue weighted by Gasteiger charge is 2.14. The lowest BCUT2D eigenvalue weighted by Gasteiger charge is -2.22. The summed E-state index contributed by atoms with van der Waals surface area (Å²) in [5, 5.41) is 16.4. The number of hydrogen-bond donors (Lipinski definition) is 4. The molecule has 78 valence electrons. The number of rotatable bonds is 4. The van der Waals surface area contributed by atoms with Gasteiger partial charge in [-0.1, -0.05) is 0 Å². The minimum atomic E-state index is -0.863. The number of urea groups is 1. The van der Waals surface area contributed by atoms with Gasteiger partial charge in [0.2, 0.25) is 0 Å². The van der Waals surface area contributed by atoms with Gasteiger partial charge in [-0.2, -0.15) is 0 Å². The largest absolute Gasteiger partial charge is 0.481 e. The van der Waals surface area contributed by atoms with Crippen LogP contribution in [0.2, 0.25) is 0 Å². The summed E-state index contributed by atoms with van der Waals surface area (Å²) in [7, 11) is 0. The average molecular weight is 199 g/mol. The van der Waals surface area contributed by atoms with E-state index >= 15 is 0 Å². The quantitative estimate of drug-likeness (QED) is 0.495. The van der Waals surface area contributed by atoms with Gasteiger partial charge in [0.1, 0.15) is 6.17 Å².